The van der Waals surface area contributed by atoms with E-state index in [2.05, 4.69) is 5.32 Å². The van der Waals surface area contributed by atoms with Gasteiger partial charge in [-0.25, -0.2) is 0 Å². The Morgan fingerprint density at radius 3 is 2.48 bits per heavy atom. The largest absolute Gasteiger partial charge is 0.399 e. The van der Waals surface area contributed by atoms with Crippen molar-refractivity contribution in [3.8, 4) is 0 Å². The lowest BCUT2D eigenvalue weighted by Crippen LogP contribution is -2.25. The maximum Gasteiger partial charge on any atom is 0.220 e. The van der Waals surface area contributed by atoms with E-state index < -0.39 is 0 Å². The number of carbonyl (C=O) groups excluding carboxylic acids is 1. The highest BCUT2D eigenvalue weighted by Crippen LogP contribution is 2.12. The van der Waals surface area contributed by atoms with Crippen molar-refractivity contribution >= 4 is 23.2 Å². The van der Waals surface area contributed by atoms with E-state index in [0.717, 1.165) is 28.3 Å². The maximum atomic E-state index is 11.8. The number of amides is 1. The van der Waals surface area contributed by atoms with Gasteiger partial charge >= 0.3 is 0 Å². The maximum absolute atomic E-state index is 11.8. The zero-order valence-electron chi connectivity index (χ0n) is 11.8. The average molecular weight is 303 g/mol. The van der Waals surface area contributed by atoms with E-state index in [1.165, 1.54) is 0 Å². The molecule has 0 aromatic heterocycles. The number of benzene rings is 2. The number of nitrogens with one attached hydrogen (secondary N) is 1. The first kappa shape index (κ1) is 15.4. The summed E-state index contributed by atoms with van der Waals surface area (Å²) >= 11 is 5.83. The number of hydrogen-bond donors (Lipinski definition) is 2. The second-order valence-corrected chi connectivity index (χ2v) is 5.36. The van der Waals surface area contributed by atoms with Gasteiger partial charge in [0.1, 0.15) is 0 Å². The molecule has 4 heteroatoms. The molecule has 0 unspecified atom stereocenters. The van der Waals surface area contributed by atoms with Crippen molar-refractivity contribution in [2.75, 3.05) is 12.3 Å². The van der Waals surface area contributed by atoms with Gasteiger partial charge in [0.15, 0.2) is 0 Å². The lowest BCUT2D eigenvalue weighted by molar-refractivity contribution is -0.121. The molecule has 0 spiro atoms. The molecule has 0 saturated carbocycles. The quantitative estimate of drug-likeness (QED) is 0.805. The lowest BCUT2D eigenvalue weighted by Gasteiger charge is -2.07. The zero-order valence-corrected chi connectivity index (χ0v) is 12.6. The molecule has 2 aromatic rings. The summed E-state index contributed by atoms with van der Waals surface area (Å²) in [4.78, 5) is 11.8. The molecule has 0 fully saturated rings. The number of rotatable bonds is 6. The number of anilines is 1. The third-order valence-corrected chi connectivity index (χ3v) is 3.58. The van der Waals surface area contributed by atoms with E-state index in [4.69, 9.17) is 17.3 Å². The molecule has 0 aliphatic rings. The Balaban J connectivity index is 1.70. The first-order valence-corrected chi connectivity index (χ1v) is 7.37. The van der Waals surface area contributed by atoms with Crippen LogP contribution < -0.4 is 11.1 Å². The molecule has 3 nitrogen and oxygen atoms in total. The molecule has 3 N–H and O–H groups in total. The average Bonchev–Trinajstić information content (AvgIpc) is 2.48. The standard InChI is InChI=1S/C17H19ClN2O/c18-15-8-5-13(6-9-15)11-12-20-17(21)10-7-14-3-1-2-4-16(14)19/h1-6,8-9H,7,10-12,19H2,(H,20,21). The van der Waals surface area contributed by atoms with Crippen LogP contribution in [0.25, 0.3) is 0 Å². The van der Waals surface area contributed by atoms with Crippen LogP contribution in [0.2, 0.25) is 5.02 Å². The summed E-state index contributed by atoms with van der Waals surface area (Å²) in [5.74, 6) is 0.0483. The molecule has 0 bridgehead atoms. The van der Waals surface area contributed by atoms with Gasteiger partial charge in [-0.05, 0) is 42.2 Å². The molecule has 0 aliphatic heterocycles. The third kappa shape index (κ3) is 5.12. The van der Waals surface area contributed by atoms with Gasteiger partial charge in [0, 0.05) is 23.7 Å². The summed E-state index contributed by atoms with van der Waals surface area (Å²) in [6.07, 6.45) is 1.92. The Morgan fingerprint density at radius 2 is 1.76 bits per heavy atom. The van der Waals surface area contributed by atoms with Crippen molar-refractivity contribution < 1.29 is 4.79 Å². The summed E-state index contributed by atoms with van der Waals surface area (Å²) in [5, 5.41) is 3.65. The van der Waals surface area contributed by atoms with Crippen LogP contribution in [0.5, 0.6) is 0 Å². The van der Waals surface area contributed by atoms with Crippen LogP contribution in [0.15, 0.2) is 48.5 Å². The summed E-state index contributed by atoms with van der Waals surface area (Å²) in [6, 6.07) is 15.3. The van der Waals surface area contributed by atoms with Crippen LogP contribution >= 0.6 is 11.6 Å². The molecule has 0 aliphatic carbocycles. The van der Waals surface area contributed by atoms with Crippen LogP contribution in [0.1, 0.15) is 17.5 Å². The van der Waals surface area contributed by atoms with Crippen LogP contribution in [0.4, 0.5) is 5.69 Å². The fraction of sp³-hybridized carbons (Fsp3) is 0.235. The first-order chi connectivity index (χ1) is 10.1. The van der Waals surface area contributed by atoms with E-state index in [1.54, 1.807) is 0 Å². The molecular formula is C17H19ClN2O. The van der Waals surface area contributed by atoms with Crippen molar-refractivity contribution in [1.82, 2.24) is 5.32 Å². The molecule has 110 valence electrons. The molecule has 2 rings (SSSR count). The fourth-order valence-corrected chi connectivity index (χ4v) is 2.22. The second kappa shape index (κ2) is 7.70. The van der Waals surface area contributed by atoms with E-state index in [9.17, 15) is 4.79 Å². The normalized spacial score (nSPS) is 10.3. The number of halogens is 1. The van der Waals surface area contributed by atoms with Gasteiger partial charge in [-0.1, -0.05) is 41.9 Å². The van der Waals surface area contributed by atoms with Gasteiger partial charge in [0.2, 0.25) is 5.91 Å². The molecule has 0 heterocycles. The smallest absolute Gasteiger partial charge is 0.220 e. The Bertz CT molecular complexity index is 596. The van der Waals surface area contributed by atoms with Crippen LogP contribution in [0, 0.1) is 0 Å². The molecule has 0 radical (unpaired) electrons. The highest BCUT2D eigenvalue weighted by atomic mass is 35.5. The second-order valence-electron chi connectivity index (χ2n) is 4.93. The van der Waals surface area contributed by atoms with Crippen molar-refractivity contribution in [1.29, 1.82) is 0 Å². The van der Waals surface area contributed by atoms with Gasteiger partial charge < -0.3 is 11.1 Å². The highest BCUT2D eigenvalue weighted by Gasteiger charge is 2.04. The number of nitrogen functional groups attached to an aromatic ring is 1. The molecule has 0 atom stereocenters. The molecule has 1 amide bonds. The SMILES string of the molecule is Nc1ccccc1CCC(=O)NCCc1ccc(Cl)cc1. The lowest BCUT2D eigenvalue weighted by atomic mass is 10.1. The number of carbonyl (C=O) groups is 1. The van der Waals surface area contributed by atoms with Crippen LogP contribution in [-0.2, 0) is 17.6 Å². The first-order valence-electron chi connectivity index (χ1n) is 6.99. The van der Waals surface area contributed by atoms with Crippen molar-refractivity contribution in [2.24, 2.45) is 0 Å². The fourth-order valence-electron chi connectivity index (χ4n) is 2.10. The van der Waals surface area contributed by atoms with Gasteiger partial charge in [0.25, 0.3) is 0 Å². The molecular weight excluding hydrogens is 284 g/mol. The predicted molar refractivity (Wildman–Crippen MR) is 87.3 cm³/mol. The molecule has 21 heavy (non-hydrogen) atoms. The number of nitrogens with two attached hydrogens (primary N) is 1. The van der Waals surface area contributed by atoms with Crippen LogP contribution in [0.3, 0.4) is 0 Å². The Labute approximate surface area is 130 Å². The Morgan fingerprint density at radius 1 is 1.05 bits per heavy atom. The number of hydrogen-bond acceptors (Lipinski definition) is 2. The Kier molecular flexibility index (Phi) is 5.64. The molecule has 0 saturated heterocycles. The van der Waals surface area contributed by atoms with E-state index in [0.29, 0.717) is 19.4 Å². The van der Waals surface area contributed by atoms with Crippen LogP contribution in [-0.4, -0.2) is 12.5 Å². The van der Waals surface area contributed by atoms with Gasteiger partial charge in [-0.2, -0.15) is 0 Å². The summed E-state index contributed by atoms with van der Waals surface area (Å²) in [7, 11) is 0. The monoisotopic (exact) mass is 302 g/mol. The van der Waals surface area contributed by atoms with E-state index >= 15 is 0 Å². The van der Waals surface area contributed by atoms with E-state index in [-0.39, 0.29) is 5.91 Å². The summed E-state index contributed by atoms with van der Waals surface area (Å²) < 4.78 is 0. The minimum absolute atomic E-state index is 0.0483. The van der Waals surface area contributed by atoms with Gasteiger partial charge in [0.05, 0.1) is 0 Å². The summed E-state index contributed by atoms with van der Waals surface area (Å²) in [6.45, 7) is 0.630. The summed E-state index contributed by atoms with van der Waals surface area (Å²) in [5.41, 5.74) is 8.77. The minimum atomic E-state index is 0.0483. The van der Waals surface area contributed by atoms with Crippen molar-refractivity contribution in [3.63, 3.8) is 0 Å². The molecule has 2 aromatic carbocycles. The number of para-hydroxylation sites is 1. The zero-order chi connectivity index (χ0) is 15.1. The topological polar surface area (TPSA) is 55.1 Å². The minimum Gasteiger partial charge on any atom is -0.399 e. The Hall–Kier alpha value is -2.00. The highest BCUT2D eigenvalue weighted by molar-refractivity contribution is 6.30. The number of aryl methyl sites for hydroxylation is 1. The van der Waals surface area contributed by atoms with E-state index in [1.807, 2.05) is 48.5 Å². The van der Waals surface area contributed by atoms with Gasteiger partial charge in [-0.3, -0.25) is 4.79 Å². The van der Waals surface area contributed by atoms with Crippen molar-refractivity contribution in [2.45, 2.75) is 19.3 Å². The van der Waals surface area contributed by atoms with Gasteiger partial charge in [-0.15, -0.1) is 0 Å². The third-order valence-electron chi connectivity index (χ3n) is 3.33. The van der Waals surface area contributed by atoms with Crippen molar-refractivity contribution in [3.05, 3.63) is 64.7 Å². The predicted octanol–water partition coefficient (Wildman–Crippen LogP) is 3.21.